The third-order valence-electron chi connectivity index (χ3n) is 4.45. The largest absolute Gasteiger partial charge is 0.478 e. The molecule has 1 heterocycles. The Bertz CT molecular complexity index is 987. The first-order chi connectivity index (χ1) is 12.4. The molecule has 1 N–H and O–H groups in total. The van der Waals surface area contributed by atoms with E-state index in [0.29, 0.717) is 5.78 Å². The summed E-state index contributed by atoms with van der Waals surface area (Å²) in [7, 11) is 0. The van der Waals surface area contributed by atoms with Gasteiger partial charge >= 0.3 is 5.97 Å². The highest BCUT2D eigenvalue weighted by atomic mass is 32.1. The van der Waals surface area contributed by atoms with Gasteiger partial charge in [-0.25, -0.2) is 4.79 Å². The fourth-order valence-electron chi connectivity index (χ4n) is 3.09. The number of carboxylic acid groups (broad SMARTS) is 1. The number of rotatable bonds is 2. The molecule has 3 aromatic rings. The van der Waals surface area contributed by atoms with Crippen molar-refractivity contribution in [2.45, 2.75) is 20.3 Å². The third kappa shape index (κ3) is 3.33. The summed E-state index contributed by atoms with van der Waals surface area (Å²) in [6.07, 6.45) is 0.887. The van der Waals surface area contributed by atoms with Crippen molar-refractivity contribution in [1.82, 2.24) is 0 Å². The second-order valence-electron chi connectivity index (χ2n) is 6.51. The van der Waals surface area contributed by atoms with Gasteiger partial charge in [-0.1, -0.05) is 56.0 Å². The van der Waals surface area contributed by atoms with E-state index >= 15 is 0 Å². The molecule has 26 heavy (non-hydrogen) atoms. The van der Waals surface area contributed by atoms with Crippen molar-refractivity contribution in [2.24, 2.45) is 5.92 Å². The first-order valence-electron chi connectivity index (χ1n) is 8.43. The lowest BCUT2D eigenvalue weighted by atomic mass is 9.98. The fraction of sp³-hybridized carbons (Fsp3) is 0.182. The summed E-state index contributed by atoms with van der Waals surface area (Å²) < 4.78 is 1.23. The average molecular weight is 364 g/mol. The van der Waals surface area contributed by atoms with Gasteiger partial charge in [-0.3, -0.25) is 4.79 Å². The average Bonchev–Trinajstić information content (AvgIpc) is 3.13. The third-order valence-corrected chi connectivity index (χ3v) is 5.66. The molecule has 1 aliphatic rings. The number of hydrogen-bond acceptors (Lipinski definition) is 3. The molecule has 4 heteroatoms. The molecule has 0 fully saturated rings. The number of thiophene rings is 1. The molecular weight excluding hydrogens is 344 g/mol. The Morgan fingerprint density at radius 1 is 1.15 bits per heavy atom. The Balaban J connectivity index is 0.000000286. The summed E-state index contributed by atoms with van der Waals surface area (Å²) in [5.74, 6) is -0.473. The van der Waals surface area contributed by atoms with E-state index in [2.05, 4.69) is 49.0 Å². The van der Waals surface area contributed by atoms with Gasteiger partial charge in [0.25, 0.3) is 0 Å². The molecule has 1 unspecified atom stereocenters. The van der Waals surface area contributed by atoms with Gasteiger partial charge in [-0.15, -0.1) is 11.3 Å². The van der Waals surface area contributed by atoms with Crippen LogP contribution >= 0.6 is 11.3 Å². The molecule has 0 bridgehead atoms. The van der Waals surface area contributed by atoms with Crippen molar-refractivity contribution in [2.75, 3.05) is 0 Å². The number of Topliss-reactive ketones (excluding diaryl/α,β-unsaturated/α-hetero) is 1. The lowest BCUT2D eigenvalue weighted by molar-refractivity contribution is -0.132. The minimum atomic E-state index is -0.935. The van der Waals surface area contributed by atoms with E-state index in [-0.39, 0.29) is 11.5 Å². The van der Waals surface area contributed by atoms with Gasteiger partial charge in [0.1, 0.15) is 0 Å². The van der Waals surface area contributed by atoms with Crippen molar-refractivity contribution in [1.29, 1.82) is 0 Å². The van der Waals surface area contributed by atoms with E-state index < -0.39 is 5.97 Å². The molecule has 0 radical (unpaired) electrons. The van der Waals surface area contributed by atoms with Crippen LogP contribution in [-0.2, 0) is 11.2 Å². The first kappa shape index (κ1) is 18.1. The molecule has 2 aromatic carbocycles. The molecule has 0 saturated carbocycles. The Kier molecular flexibility index (Phi) is 5.05. The Labute approximate surface area is 156 Å². The molecule has 4 rings (SSSR count). The van der Waals surface area contributed by atoms with E-state index in [1.54, 1.807) is 11.3 Å². The molecule has 0 aliphatic heterocycles. The van der Waals surface area contributed by atoms with Crippen LogP contribution in [-0.4, -0.2) is 16.9 Å². The number of carboxylic acids is 1. The predicted octanol–water partition coefficient (Wildman–Crippen LogP) is 5.59. The van der Waals surface area contributed by atoms with E-state index in [9.17, 15) is 9.59 Å². The van der Waals surface area contributed by atoms with Crippen LogP contribution in [0.25, 0.3) is 21.2 Å². The zero-order valence-electron chi connectivity index (χ0n) is 14.8. The normalized spacial score (nSPS) is 15.3. The number of ketones is 1. The maximum absolute atomic E-state index is 12.2. The monoisotopic (exact) mass is 364 g/mol. The second-order valence-corrected chi connectivity index (χ2v) is 7.56. The molecular formula is C22H20O3S. The van der Waals surface area contributed by atoms with Gasteiger partial charge < -0.3 is 5.11 Å². The van der Waals surface area contributed by atoms with Crippen LogP contribution in [0.4, 0.5) is 0 Å². The summed E-state index contributed by atoms with van der Waals surface area (Å²) in [5, 5.41) is 9.18. The molecule has 0 amide bonds. The Morgan fingerprint density at radius 2 is 1.81 bits per heavy atom. The molecule has 1 aromatic heterocycles. The smallest absolute Gasteiger partial charge is 0.330 e. The van der Waals surface area contributed by atoms with Crippen LogP contribution in [0.5, 0.6) is 0 Å². The topological polar surface area (TPSA) is 54.4 Å². The van der Waals surface area contributed by atoms with E-state index in [1.807, 2.05) is 13.0 Å². The lowest BCUT2D eigenvalue weighted by Crippen LogP contribution is -2.02. The first-order valence-corrected chi connectivity index (χ1v) is 9.24. The minimum absolute atomic E-state index is 0.143. The Morgan fingerprint density at radius 3 is 2.42 bits per heavy atom. The maximum atomic E-state index is 12.2. The number of benzene rings is 2. The number of carbonyl (C=O) groups excluding carboxylic acids is 1. The highest BCUT2D eigenvalue weighted by Crippen LogP contribution is 2.43. The van der Waals surface area contributed by atoms with E-state index in [0.717, 1.165) is 11.3 Å². The second kappa shape index (κ2) is 7.26. The van der Waals surface area contributed by atoms with Gasteiger partial charge in [0.2, 0.25) is 0 Å². The summed E-state index contributed by atoms with van der Waals surface area (Å²) in [6, 6.07) is 16.8. The van der Waals surface area contributed by atoms with Gasteiger partial charge in [0.05, 0.1) is 4.88 Å². The standard InChI is InChI=1S/C18H14OS.C4H6O2/c1-11-10-14-16-13(12-6-3-2-4-7-12)8-5-9-15(16)20-18(14)17(11)19;1-3(2)4(5)6/h2-9,11H,10H2,1H3;1H2,2H3,(H,5,6). The van der Waals surface area contributed by atoms with Crippen LogP contribution in [0, 0.1) is 5.92 Å². The van der Waals surface area contributed by atoms with Crippen molar-refractivity contribution in [3.8, 4) is 11.1 Å². The number of carbonyl (C=O) groups is 2. The number of hydrogen-bond donors (Lipinski definition) is 1. The van der Waals surface area contributed by atoms with Crippen LogP contribution in [0.1, 0.15) is 29.1 Å². The molecule has 1 atom stereocenters. The highest BCUT2D eigenvalue weighted by Gasteiger charge is 2.31. The van der Waals surface area contributed by atoms with E-state index in [4.69, 9.17) is 5.11 Å². The SMILES string of the molecule is C=C(C)C(=O)O.CC1Cc2c(sc3cccc(-c4ccccc4)c23)C1=O. The maximum Gasteiger partial charge on any atom is 0.330 e. The van der Waals surface area contributed by atoms with Gasteiger partial charge in [-0.05, 0) is 36.1 Å². The lowest BCUT2D eigenvalue weighted by Gasteiger charge is -2.06. The van der Waals surface area contributed by atoms with Gasteiger partial charge in [-0.2, -0.15) is 0 Å². The Hall–Kier alpha value is -2.72. The molecule has 1 aliphatic carbocycles. The molecule has 3 nitrogen and oxygen atoms in total. The predicted molar refractivity (Wildman–Crippen MR) is 107 cm³/mol. The summed E-state index contributed by atoms with van der Waals surface area (Å²) in [6.45, 7) is 6.64. The van der Waals surface area contributed by atoms with Gasteiger partial charge in [0.15, 0.2) is 5.78 Å². The van der Waals surface area contributed by atoms with Crippen LogP contribution in [0.2, 0.25) is 0 Å². The van der Waals surface area contributed by atoms with E-state index in [1.165, 1.54) is 33.7 Å². The molecule has 132 valence electrons. The fourth-order valence-corrected chi connectivity index (χ4v) is 4.40. The van der Waals surface area contributed by atoms with Crippen molar-refractivity contribution in [3.63, 3.8) is 0 Å². The zero-order valence-corrected chi connectivity index (χ0v) is 15.6. The highest BCUT2D eigenvalue weighted by molar-refractivity contribution is 7.21. The van der Waals surface area contributed by atoms with Crippen LogP contribution < -0.4 is 0 Å². The van der Waals surface area contributed by atoms with Crippen LogP contribution in [0.3, 0.4) is 0 Å². The quantitative estimate of drug-likeness (QED) is 0.603. The molecule has 0 saturated heterocycles. The summed E-state index contributed by atoms with van der Waals surface area (Å²) in [5.41, 5.74) is 3.92. The van der Waals surface area contributed by atoms with Crippen molar-refractivity contribution in [3.05, 3.63) is 71.1 Å². The van der Waals surface area contributed by atoms with Crippen LogP contribution in [0.15, 0.2) is 60.7 Å². The summed E-state index contributed by atoms with van der Waals surface area (Å²) >= 11 is 1.66. The van der Waals surface area contributed by atoms with Gasteiger partial charge in [0, 0.05) is 21.6 Å². The summed E-state index contributed by atoms with van der Waals surface area (Å²) in [4.78, 5) is 22.8. The number of fused-ring (bicyclic) bond motifs is 3. The number of aliphatic carboxylic acids is 1. The van der Waals surface area contributed by atoms with Crippen molar-refractivity contribution >= 4 is 33.2 Å². The molecule has 0 spiro atoms. The van der Waals surface area contributed by atoms with Crippen molar-refractivity contribution < 1.29 is 14.7 Å². The minimum Gasteiger partial charge on any atom is -0.478 e. The zero-order chi connectivity index (χ0) is 18.8.